The van der Waals surface area contributed by atoms with Crippen molar-refractivity contribution in [2.24, 2.45) is 0 Å². The molecule has 3 fully saturated rings. The van der Waals surface area contributed by atoms with E-state index < -0.39 is 16.1 Å². The predicted molar refractivity (Wildman–Crippen MR) is 104 cm³/mol. The maximum Gasteiger partial charge on any atom is 0.327 e. The second-order valence-corrected chi connectivity index (χ2v) is 9.94. The second-order valence-electron chi connectivity index (χ2n) is 7.79. The van der Waals surface area contributed by atoms with Gasteiger partial charge in [-0.05, 0) is 49.9 Å². The molecule has 1 aromatic carbocycles. The summed E-state index contributed by atoms with van der Waals surface area (Å²) in [5, 5.41) is 0.463. The van der Waals surface area contributed by atoms with Crippen molar-refractivity contribution < 1.29 is 18.0 Å². The summed E-state index contributed by atoms with van der Waals surface area (Å²) in [5.74, 6) is -0.174. The number of nitrogens with zero attached hydrogens (tertiary/aromatic N) is 2. The third-order valence-electron chi connectivity index (χ3n) is 5.96. The zero-order chi connectivity index (χ0) is 19.9. The summed E-state index contributed by atoms with van der Waals surface area (Å²) in [4.78, 5) is 28.9. The van der Waals surface area contributed by atoms with Crippen LogP contribution in [0.25, 0.3) is 0 Å². The molecule has 0 aromatic heterocycles. The van der Waals surface area contributed by atoms with Gasteiger partial charge in [0.25, 0.3) is 5.91 Å². The molecule has 7 nitrogen and oxygen atoms in total. The number of carbonyl (C=O) groups excluding carboxylic acids is 2. The number of rotatable bonds is 4. The maximum atomic E-state index is 12.9. The van der Waals surface area contributed by atoms with E-state index in [0.717, 1.165) is 32.1 Å². The smallest absolute Gasteiger partial charge is 0.312 e. The molecule has 1 aliphatic carbocycles. The molecule has 2 saturated heterocycles. The topological polar surface area (TPSA) is 86.8 Å². The van der Waals surface area contributed by atoms with E-state index in [-0.39, 0.29) is 28.9 Å². The lowest BCUT2D eigenvalue weighted by atomic mass is 9.94. The minimum Gasteiger partial charge on any atom is -0.312 e. The van der Waals surface area contributed by atoms with Crippen LogP contribution in [0.15, 0.2) is 29.2 Å². The molecule has 0 spiro atoms. The van der Waals surface area contributed by atoms with Gasteiger partial charge >= 0.3 is 6.03 Å². The summed E-state index contributed by atoms with van der Waals surface area (Å²) < 4.78 is 28.0. The fourth-order valence-corrected chi connectivity index (χ4v) is 5.91. The number of piperidine rings is 1. The molecule has 4 rings (SSSR count). The molecule has 2 heterocycles. The zero-order valence-electron chi connectivity index (χ0n) is 15.5. The van der Waals surface area contributed by atoms with Crippen molar-refractivity contribution in [3.8, 4) is 0 Å². The molecule has 2 aliphatic heterocycles. The van der Waals surface area contributed by atoms with Crippen molar-refractivity contribution in [1.82, 2.24) is 14.5 Å². The van der Waals surface area contributed by atoms with Crippen molar-refractivity contribution in [3.05, 3.63) is 29.3 Å². The van der Waals surface area contributed by atoms with E-state index in [4.69, 9.17) is 11.6 Å². The van der Waals surface area contributed by atoms with E-state index in [9.17, 15) is 18.0 Å². The van der Waals surface area contributed by atoms with Gasteiger partial charge in [0, 0.05) is 23.7 Å². The number of amides is 3. The first-order chi connectivity index (χ1) is 13.4. The van der Waals surface area contributed by atoms with Gasteiger partial charge in [0.15, 0.2) is 0 Å². The van der Waals surface area contributed by atoms with Crippen LogP contribution in [0.4, 0.5) is 4.79 Å². The van der Waals surface area contributed by atoms with Gasteiger partial charge in [-0.3, -0.25) is 9.69 Å². The molecule has 9 heteroatoms. The lowest BCUT2D eigenvalue weighted by molar-refractivity contribution is -0.130. The summed E-state index contributed by atoms with van der Waals surface area (Å²) in [6.45, 7) is 0.381. The highest BCUT2D eigenvalue weighted by atomic mass is 35.5. The van der Waals surface area contributed by atoms with Gasteiger partial charge in [0.2, 0.25) is 10.0 Å². The molecule has 28 heavy (non-hydrogen) atoms. The quantitative estimate of drug-likeness (QED) is 0.751. The van der Waals surface area contributed by atoms with Crippen molar-refractivity contribution >= 4 is 33.6 Å². The Labute approximate surface area is 170 Å². The van der Waals surface area contributed by atoms with Gasteiger partial charge in [-0.25, -0.2) is 17.9 Å². The fraction of sp³-hybridized carbons (Fsp3) is 0.579. The van der Waals surface area contributed by atoms with Crippen LogP contribution in [0.3, 0.4) is 0 Å². The largest absolute Gasteiger partial charge is 0.327 e. The Bertz CT molecular complexity index is 868. The van der Waals surface area contributed by atoms with Crippen LogP contribution in [-0.4, -0.2) is 54.8 Å². The van der Waals surface area contributed by atoms with E-state index in [1.807, 2.05) is 0 Å². The zero-order valence-corrected chi connectivity index (χ0v) is 17.1. The summed E-state index contributed by atoms with van der Waals surface area (Å²) in [6.07, 6.45) is 5.75. The van der Waals surface area contributed by atoms with E-state index in [0.29, 0.717) is 24.4 Å². The predicted octanol–water partition coefficient (Wildman–Crippen LogP) is 2.75. The summed E-state index contributed by atoms with van der Waals surface area (Å²) in [7, 11) is -3.71. The SMILES string of the molecule is O=C1[C@@H]2C[C@@H](NS(=O)(=O)c3ccc(Cl)cc3)CCN2C(=O)N1C1CCCCC1. The van der Waals surface area contributed by atoms with E-state index in [1.165, 1.54) is 29.2 Å². The lowest BCUT2D eigenvalue weighted by Crippen LogP contribution is -2.49. The van der Waals surface area contributed by atoms with Crippen LogP contribution in [0.2, 0.25) is 5.02 Å². The molecule has 0 bridgehead atoms. The number of urea groups is 1. The third kappa shape index (κ3) is 3.65. The first-order valence-corrected chi connectivity index (χ1v) is 11.6. The number of nitrogens with one attached hydrogen (secondary N) is 1. The number of sulfonamides is 1. The number of hydrogen-bond acceptors (Lipinski definition) is 4. The molecule has 1 saturated carbocycles. The van der Waals surface area contributed by atoms with E-state index in [1.54, 1.807) is 4.90 Å². The van der Waals surface area contributed by atoms with Crippen molar-refractivity contribution in [2.45, 2.75) is 68.0 Å². The minimum atomic E-state index is -3.71. The van der Waals surface area contributed by atoms with Crippen molar-refractivity contribution in [1.29, 1.82) is 0 Å². The number of hydrogen-bond donors (Lipinski definition) is 1. The van der Waals surface area contributed by atoms with E-state index in [2.05, 4.69) is 4.72 Å². The van der Waals surface area contributed by atoms with Gasteiger partial charge in [0.05, 0.1) is 4.90 Å². The van der Waals surface area contributed by atoms with Crippen LogP contribution >= 0.6 is 11.6 Å². The number of halogens is 1. The van der Waals surface area contributed by atoms with Gasteiger partial charge in [-0.15, -0.1) is 0 Å². The second kappa shape index (κ2) is 7.65. The third-order valence-corrected chi connectivity index (χ3v) is 7.75. The average Bonchev–Trinajstić information content (AvgIpc) is 2.92. The van der Waals surface area contributed by atoms with Gasteiger partial charge < -0.3 is 4.90 Å². The minimum absolute atomic E-state index is 0.0106. The van der Waals surface area contributed by atoms with Crippen LogP contribution in [0, 0.1) is 0 Å². The molecular formula is C19H24ClN3O4S. The summed E-state index contributed by atoms with van der Waals surface area (Å²) in [5.41, 5.74) is 0. The lowest BCUT2D eigenvalue weighted by Gasteiger charge is -2.32. The Hall–Kier alpha value is -1.64. The summed E-state index contributed by atoms with van der Waals surface area (Å²) in [6, 6.07) is 4.79. The molecule has 152 valence electrons. The Morgan fingerprint density at radius 2 is 1.68 bits per heavy atom. The molecule has 1 N–H and O–H groups in total. The molecule has 0 unspecified atom stereocenters. The van der Waals surface area contributed by atoms with Crippen LogP contribution < -0.4 is 4.72 Å². The molecule has 3 amide bonds. The van der Waals surface area contributed by atoms with E-state index >= 15 is 0 Å². The van der Waals surface area contributed by atoms with Gasteiger partial charge in [0.1, 0.15) is 6.04 Å². The Morgan fingerprint density at radius 3 is 2.36 bits per heavy atom. The van der Waals surface area contributed by atoms with Crippen LogP contribution in [0.1, 0.15) is 44.9 Å². The Kier molecular flexibility index (Phi) is 5.37. The number of imide groups is 1. The van der Waals surface area contributed by atoms with Crippen molar-refractivity contribution in [3.63, 3.8) is 0 Å². The number of carbonyl (C=O) groups is 2. The Morgan fingerprint density at radius 1 is 1.00 bits per heavy atom. The molecule has 1 aromatic rings. The van der Waals surface area contributed by atoms with Crippen LogP contribution in [0.5, 0.6) is 0 Å². The standard InChI is InChI=1S/C19H24ClN3O4S/c20-13-6-8-16(9-7-13)28(26,27)21-14-10-11-22-17(12-14)18(24)23(19(22)25)15-4-2-1-3-5-15/h6-9,14-15,17,21H,1-5,10-12H2/t14-,17-/m0/s1. The maximum absolute atomic E-state index is 12.9. The van der Waals surface area contributed by atoms with Gasteiger partial charge in [-0.2, -0.15) is 0 Å². The highest BCUT2D eigenvalue weighted by Crippen LogP contribution is 2.33. The first-order valence-electron chi connectivity index (χ1n) is 9.78. The molecule has 2 atom stereocenters. The average molecular weight is 426 g/mol. The monoisotopic (exact) mass is 425 g/mol. The normalized spacial score (nSPS) is 26.6. The molecule has 3 aliphatic rings. The molecule has 0 radical (unpaired) electrons. The van der Waals surface area contributed by atoms with Crippen LogP contribution in [-0.2, 0) is 14.8 Å². The number of fused-ring (bicyclic) bond motifs is 1. The summed E-state index contributed by atoms with van der Waals surface area (Å²) >= 11 is 5.83. The van der Waals surface area contributed by atoms with Crippen molar-refractivity contribution in [2.75, 3.05) is 6.54 Å². The van der Waals surface area contributed by atoms with Gasteiger partial charge in [-0.1, -0.05) is 30.9 Å². The fourth-order valence-electron chi connectivity index (χ4n) is 4.51. The highest BCUT2D eigenvalue weighted by molar-refractivity contribution is 7.89. The highest BCUT2D eigenvalue weighted by Gasteiger charge is 2.50. The first kappa shape index (κ1) is 19.7. The number of benzene rings is 1. The molecular weight excluding hydrogens is 402 g/mol. The Balaban J connectivity index is 1.46.